The molecule has 5 rings (SSSR count). The number of hydrogen-bond acceptors (Lipinski definition) is 7. The zero-order valence-corrected chi connectivity index (χ0v) is 21.6. The summed E-state index contributed by atoms with van der Waals surface area (Å²) in [5, 5.41) is 28.7. The number of anilines is 2. The summed E-state index contributed by atoms with van der Waals surface area (Å²) in [6, 6.07) is 5.66. The molecular weight excluding hydrogens is 474 g/mol. The lowest BCUT2D eigenvalue weighted by atomic mass is 9.70. The number of benzene rings is 1. The Hall–Kier alpha value is -3.08. The van der Waals surface area contributed by atoms with Crippen LogP contribution in [0.25, 0.3) is 0 Å². The second kappa shape index (κ2) is 9.34. The molecule has 37 heavy (non-hydrogen) atoms. The van der Waals surface area contributed by atoms with Gasteiger partial charge in [0.1, 0.15) is 0 Å². The lowest BCUT2D eigenvalue weighted by molar-refractivity contribution is -0.146. The zero-order chi connectivity index (χ0) is 26.5. The van der Waals surface area contributed by atoms with Crippen LogP contribution >= 0.6 is 0 Å². The van der Waals surface area contributed by atoms with Crippen molar-refractivity contribution in [1.82, 2.24) is 15.0 Å². The second-order valence-electron chi connectivity index (χ2n) is 10.8. The van der Waals surface area contributed by atoms with Crippen LogP contribution in [0.3, 0.4) is 0 Å². The lowest BCUT2D eigenvalue weighted by Gasteiger charge is -2.34. The maximum atomic E-state index is 14.1. The summed E-state index contributed by atoms with van der Waals surface area (Å²) in [7, 11) is 0. The van der Waals surface area contributed by atoms with Gasteiger partial charge in [0.2, 0.25) is 5.91 Å². The molecule has 1 aromatic carbocycles. The van der Waals surface area contributed by atoms with Gasteiger partial charge in [0.15, 0.2) is 5.60 Å². The molecule has 0 unspecified atom stereocenters. The number of aryl methyl sites for hydroxylation is 1. The van der Waals surface area contributed by atoms with E-state index in [0.717, 1.165) is 16.9 Å². The molecule has 2 fully saturated rings. The third-order valence-electron chi connectivity index (χ3n) is 8.04. The molecule has 0 bridgehead atoms. The van der Waals surface area contributed by atoms with Gasteiger partial charge in [0, 0.05) is 68.4 Å². The van der Waals surface area contributed by atoms with Gasteiger partial charge in [-0.3, -0.25) is 14.3 Å². The normalized spacial score (nSPS) is 27.2. The molecule has 1 spiro atoms. The predicted octanol–water partition coefficient (Wildman–Crippen LogP) is 1.79. The van der Waals surface area contributed by atoms with E-state index in [1.54, 1.807) is 40.6 Å². The first-order valence-electron chi connectivity index (χ1n) is 12.9. The van der Waals surface area contributed by atoms with Crippen molar-refractivity contribution in [1.29, 1.82) is 0 Å². The first-order chi connectivity index (χ1) is 17.6. The Balaban J connectivity index is 1.53. The van der Waals surface area contributed by atoms with Gasteiger partial charge in [-0.25, -0.2) is 0 Å². The highest BCUT2D eigenvalue weighted by Crippen LogP contribution is 2.58. The van der Waals surface area contributed by atoms with Crippen LogP contribution in [0.15, 0.2) is 37.1 Å². The highest BCUT2D eigenvalue weighted by Gasteiger charge is 2.65. The number of hydrogen-bond donors (Lipinski definition) is 2. The van der Waals surface area contributed by atoms with E-state index in [-0.39, 0.29) is 30.3 Å². The number of nitrogens with zero attached hydrogens (tertiary/aromatic N) is 5. The van der Waals surface area contributed by atoms with Crippen LogP contribution in [0.2, 0.25) is 0 Å². The number of ether oxygens (including phenoxy) is 1. The molecule has 198 valence electrons. The van der Waals surface area contributed by atoms with E-state index in [1.807, 2.05) is 25.1 Å². The molecule has 2 amide bonds. The number of amides is 2. The molecule has 2 saturated heterocycles. The molecule has 0 saturated carbocycles. The fourth-order valence-corrected chi connectivity index (χ4v) is 6.34. The number of rotatable bonds is 9. The Morgan fingerprint density at radius 1 is 1.32 bits per heavy atom. The van der Waals surface area contributed by atoms with Crippen LogP contribution in [0, 0.1) is 11.8 Å². The van der Waals surface area contributed by atoms with Crippen LogP contribution < -0.4 is 9.80 Å². The van der Waals surface area contributed by atoms with Gasteiger partial charge in [0.25, 0.3) is 5.91 Å². The quantitative estimate of drug-likeness (QED) is 0.391. The Bertz CT molecular complexity index is 1220. The largest absolute Gasteiger partial charge is 0.396 e. The molecule has 3 aliphatic heterocycles. The molecule has 0 radical (unpaired) electrons. The van der Waals surface area contributed by atoms with Crippen molar-refractivity contribution in [3.05, 3.63) is 48.3 Å². The monoisotopic (exact) mass is 509 g/mol. The summed E-state index contributed by atoms with van der Waals surface area (Å²) in [5.74, 6) is -0.809. The Morgan fingerprint density at radius 3 is 2.73 bits per heavy atom. The minimum absolute atomic E-state index is 0.00101. The average molecular weight is 510 g/mol. The van der Waals surface area contributed by atoms with Gasteiger partial charge in [-0.15, -0.1) is 11.7 Å². The number of β-lactam (4-membered cyclic amide) rings is 1. The van der Waals surface area contributed by atoms with E-state index < -0.39 is 17.3 Å². The van der Waals surface area contributed by atoms with Crippen molar-refractivity contribution in [3.63, 3.8) is 0 Å². The highest BCUT2D eigenvalue weighted by atomic mass is 16.5. The fourth-order valence-electron chi connectivity index (χ4n) is 6.34. The fraction of sp³-hybridized carbons (Fsp3) is 0.556. The molecular formula is C27H35N5O5. The minimum Gasteiger partial charge on any atom is -0.396 e. The average Bonchev–Trinajstić information content (AvgIpc) is 3.47. The van der Waals surface area contributed by atoms with Crippen LogP contribution in [-0.4, -0.2) is 68.4 Å². The Labute approximate surface area is 216 Å². The van der Waals surface area contributed by atoms with Crippen molar-refractivity contribution in [2.45, 2.75) is 63.9 Å². The number of fused-ring (bicyclic) bond motifs is 2. The van der Waals surface area contributed by atoms with E-state index in [9.17, 15) is 14.7 Å². The van der Waals surface area contributed by atoms with Crippen molar-refractivity contribution in [3.8, 4) is 0 Å². The molecule has 10 nitrogen and oxygen atoms in total. The standard InChI is InChI=1S/C27H35N5O5/c1-5-11-32-21-7-6-19(31-13-9-23(31)34)15-20(21)27(25(32)35)17(2)24(26(3,4)36)22(37-27)8-12-30-16-18(10-14-33)28-29-30/h5-7,15-17,22,24,33,36H,1,8-14H2,2-4H3/t17-,22+,24-,27+/m1/s1. The van der Waals surface area contributed by atoms with E-state index in [1.165, 1.54) is 0 Å². The van der Waals surface area contributed by atoms with Gasteiger partial charge in [-0.05, 0) is 38.5 Å². The molecule has 4 heterocycles. The molecule has 10 heteroatoms. The first-order valence-corrected chi connectivity index (χ1v) is 12.9. The highest BCUT2D eigenvalue weighted by molar-refractivity contribution is 6.09. The molecule has 3 aliphatic rings. The summed E-state index contributed by atoms with van der Waals surface area (Å²) < 4.78 is 8.48. The summed E-state index contributed by atoms with van der Waals surface area (Å²) >= 11 is 0. The third-order valence-corrected chi connectivity index (χ3v) is 8.04. The zero-order valence-electron chi connectivity index (χ0n) is 21.6. The van der Waals surface area contributed by atoms with Crippen LogP contribution in [0.1, 0.15) is 44.9 Å². The van der Waals surface area contributed by atoms with Gasteiger partial charge in [-0.2, -0.15) is 0 Å². The summed E-state index contributed by atoms with van der Waals surface area (Å²) in [5.41, 5.74) is 0.518. The van der Waals surface area contributed by atoms with Gasteiger partial charge in [0.05, 0.1) is 23.1 Å². The number of aliphatic hydroxyl groups is 2. The second-order valence-corrected chi connectivity index (χ2v) is 10.8. The van der Waals surface area contributed by atoms with Gasteiger partial charge in [-0.1, -0.05) is 18.2 Å². The molecule has 0 aliphatic carbocycles. The smallest absolute Gasteiger partial charge is 0.264 e. The van der Waals surface area contributed by atoms with Crippen LogP contribution in [0.5, 0.6) is 0 Å². The molecule has 2 N–H and O–H groups in total. The number of aliphatic hydroxyl groups excluding tert-OH is 1. The topological polar surface area (TPSA) is 121 Å². The summed E-state index contributed by atoms with van der Waals surface area (Å²) in [6.07, 6.45) is 4.50. The van der Waals surface area contributed by atoms with E-state index >= 15 is 0 Å². The lowest BCUT2D eigenvalue weighted by Crippen LogP contribution is -2.46. The van der Waals surface area contributed by atoms with Crippen LogP contribution in [0.4, 0.5) is 11.4 Å². The molecule has 1 aromatic heterocycles. The maximum Gasteiger partial charge on any atom is 0.264 e. The maximum absolute atomic E-state index is 14.1. The molecule has 4 atom stereocenters. The predicted molar refractivity (Wildman–Crippen MR) is 137 cm³/mol. The summed E-state index contributed by atoms with van der Waals surface area (Å²) in [6.45, 7) is 10.8. The van der Waals surface area contributed by atoms with E-state index in [0.29, 0.717) is 44.6 Å². The molecule has 2 aromatic rings. The minimum atomic E-state index is -1.29. The number of aromatic nitrogens is 3. The van der Waals surface area contributed by atoms with Crippen molar-refractivity contribution in [2.24, 2.45) is 11.8 Å². The van der Waals surface area contributed by atoms with Crippen molar-refractivity contribution < 1.29 is 24.5 Å². The van der Waals surface area contributed by atoms with E-state index in [2.05, 4.69) is 16.9 Å². The first kappa shape index (κ1) is 25.6. The SMILES string of the molecule is C=CCN1C(=O)[C@@]2(O[C@@H](CCn3cc(CCO)nn3)[C@H](C(C)(C)O)[C@H]2C)c2cc(N3CCC3=O)ccc21. The third kappa shape index (κ3) is 4.07. The Morgan fingerprint density at radius 2 is 2.11 bits per heavy atom. The van der Waals surface area contributed by atoms with Crippen LogP contribution in [-0.2, 0) is 32.9 Å². The van der Waals surface area contributed by atoms with Crippen molar-refractivity contribution in [2.75, 3.05) is 29.5 Å². The summed E-state index contributed by atoms with van der Waals surface area (Å²) in [4.78, 5) is 29.7. The van der Waals surface area contributed by atoms with E-state index in [4.69, 9.17) is 9.84 Å². The number of carbonyl (C=O) groups excluding carboxylic acids is 2. The van der Waals surface area contributed by atoms with Crippen molar-refractivity contribution >= 4 is 23.2 Å². The Kier molecular flexibility index (Phi) is 6.45. The number of carbonyl (C=O) groups is 2. The van der Waals surface area contributed by atoms with Gasteiger partial charge >= 0.3 is 0 Å². The van der Waals surface area contributed by atoms with Gasteiger partial charge < -0.3 is 24.7 Å².